The summed E-state index contributed by atoms with van der Waals surface area (Å²) in [7, 11) is 0. The van der Waals surface area contributed by atoms with Crippen molar-refractivity contribution in [2.45, 2.75) is 33.2 Å². The smallest absolute Gasteiger partial charge is 0.277 e. The minimum absolute atomic E-state index is 0.00456. The van der Waals surface area contributed by atoms with Gasteiger partial charge in [-0.1, -0.05) is 51.1 Å². The molecular weight excluding hydrogens is 268 g/mol. The molecule has 0 aliphatic heterocycles. The molecule has 1 aromatic heterocycles. The number of hydrogen-bond donors (Lipinski definition) is 2. The Labute approximate surface area is 123 Å². The van der Waals surface area contributed by atoms with E-state index >= 15 is 0 Å². The maximum Gasteiger partial charge on any atom is 0.277 e. The van der Waals surface area contributed by atoms with Crippen molar-refractivity contribution in [1.82, 2.24) is 15.6 Å². The molecule has 0 spiro atoms. The first-order chi connectivity index (χ1) is 9.87. The highest BCUT2D eigenvalue weighted by Gasteiger charge is 2.24. The van der Waals surface area contributed by atoms with Gasteiger partial charge in [0.1, 0.15) is 0 Å². The normalized spacial score (nSPS) is 12.9. The van der Waals surface area contributed by atoms with E-state index in [0.29, 0.717) is 0 Å². The van der Waals surface area contributed by atoms with Gasteiger partial charge in [-0.25, -0.2) is 4.63 Å². The predicted molar refractivity (Wildman–Crippen MR) is 79.4 cm³/mol. The zero-order chi connectivity index (χ0) is 15.5. The van der Waals surface area contributed by atoms with Crippen LogP contribution in [0.5, 0.6) is 0 Å². The van der Waals surface area contributed by atoms with Crippen LogP contribution in [-0.4, -0.2) is 16.2 Å². The Morgan fingerprint density at radius 2 is 1.95 bits per heavy atom. The van der Waals surface area contributed by atoms with Gasteiger partial charge in [0.2, 0.25) is 11.5 Å². The van der Waals surface area contributed by atoms with Crippen LogP contribution >= 0.6 is 0 Å². The summed E-state index contributed by atoms with van der Waals surface area (Å²) in [6.45, 7) is 6.38. The van der Waals surface area contributed by atoms with Crippen LogP contribution in [0.2, 0.25) is 0 Å². The number of amides is 1. The number of nitrogens with one attached hydrogen (secondary N) is 1. The lowest BCUT2D eigenvalue weighted by atomic mass is 9.85. The lowest BCUT2D eigenvalue weighted by molar-refractivity contribution is 0.0917. The van der Waals surface area contributed by atoms with Gasteiger partial charge in [0.15, 0.2) is 0 Å². The van der Waals surface area contributed by atoms with Gasteiger partial charge in [0.25, 0.3) is 5.91 Å². The number of carbonyl (C=O) groups is 1. The molecule has 1 atom stereocenters. The highest BCUT2D eigenvalue weighted by Crippen LogP contribution is 2.29. The second-order valence-corrected chi connectivity index (χ2v) is 6.20. The fraction of sp³-hybridized carbons (Fsp3) is 0.400. The van der Waals surface area contributed by atoms with Crippen LogP contribution < -0.4 is 11.1 Å². The van der Waals surface area contributed by atoms with Crippen LogP contribution in [0.1, 0.15) is 49.3 Å². The SMILES string of the molecule is CC(C)(C)CC(NC(=O)c1nonc1N)c1ccccc1. The number of aromatic nitrogens is 2. The predicted octanol–water partition coefficient (Wildman–Crippen LogP) is 2.56. The van der Waals surface area contributed by atoms with Crippen molar-refractivity contribution in [2.24, 2.45) is 5.41 Å². The quantitative estimate of drug-likeness (QED) is 0.901. The second-order valence-electron chi connectivity index (χ2n) is 6.20. The molecule has 21 heavy (non-hydrogen) atoms. The van der Waals surface area contributed by atoms with Gasteiger partial charge in [0, 0.05) is 0 Å². The van der Waals surface area contributed by atoms with E-state index in [1.807, 2.05) is 30.3 Å². The van der Waals surface area contributed by atoms with E-state index in [0.717, 1.165) is 12.0 Å². The van der Waals surface area contributed by atoms with E-state index in [-0.39, 0.29) is 28.9 Å². The zero-order valence-electron chi connectivity index (χ0n) is 12.5. The fourth-order valence-electron chi connectivity index (χ4n) is 2.13. The number of carbonyl (C=O) groups excluding carboxylic acids is 1. The van der Waals surface area contributed by atoms with Gasteiger partial charge < -0.3 is 11.1 Å². The van der Waals surface area contributed by atoms with E-state index in [1.165, 1.54) is 0 Å². The molecule has 1 amide bonds. The molecule has 1 aromatic carbocycles. The summed E-state index contributed by atoms with van der Waals surface area (Å²) in [5.74, 6) is -0.387. The molecule has 0 aliphatic carbocycles. The monoisotopic (exact) mass is 288 g/mol. The second kappa shape index (κ2) is 5.95. The minimum atomic E-state index is -0.383. The van der Waals surface area contributed by atoms with Crippen LogP contribution in [0, 0.1) is 5.41 Å². The lowest BCUT2D eigenvalue weighted by Gasteiger charge is -2.27. The highest BCUT2D eigenvalue weighted by atomic mass is 16.6. The van der Waals surface area contributed by atoms with Crippen LogP contribution in [-0.2, 0) is 0 Å². The largest absolute Gasteiger partial charge is 0.379 e. The first-order valence-corrected chi connectivity index (χ1v) is 6.80. The number of rotatable bonds is 4. The third-order valence-corrected chi connectivity index (χ3v) is 3.05. The van der Waals surface area contributed by atoms with E-state index in [2.05, 4.69) is 41.0 Å². The topological polar surface area (TPSA) is 94.0 Å². The van der Waals surface area contributed by atoms with Crippen molar-refractivity contribution in [3.63, 3.8) is 0 Å². The average molecular weight is 288 g/mol. The van der Waals surface area contributed by atoms with Gasteiger partial charge in [0.05, 0.1) is 6.04 Å². The number of nitrogens with two attached hydrogens (primary N) is 1. The Hall–Kier alpha value is -2.37. The van der Waals surface area contributed by atoms with E-state index in [4.69, 9.17) is 5.73 Å². The van der Waals surface area contributed by atoms with Crippen LogP contribution in [0.4, 0.5) is 5.82 Å². The molecule has 6 heteroatoms. The van der Waals surface area contributed by atoms with Crippen molar-refractivity contribution < 1.29 is 9.42 Å². The molecule has 0 aliphatic rings. The summed E-state index contributed by atoms with van der Waals surface area (Å²) in [5.41, 5.74) is 6.67. The Balaban J connectivity index is 2.21. The molecule has 3 N–H and O–H groups in total. The molecule has 0 radical (unpaired) electrons. The molecule has 0 bridgehead atoms. The molecule has 6 nitrogen and oxygen atoms in total. The molecule has 0 saturated carbocycles. The fourth-order valence-corrected chi connectivity index (χ4v) is 2.13. The van der Waals surface area contributed by atoms with Crippen LogP contribution in [0.15, 0.2) is 35.0 Å². The minimum Gasteiger partial charge on any atom is -0.379 e. The van der Waals surface area contributed by atoms with Crippen molar-refractivity contribution in [2.75, 3.05) is 5.73 Å². The van der Waals surface area contributed by atoms with E-state index in [1.54, 1.807) is 0 Å². The molecule has 0 fully saturated rings. The van der Waals surface area contributed by atoms with Gasteiger partial charge >= 0.3 is 0 Å². The third kappa shape index (κ3) is 4.05. The van der Waals surface area contributed by atoms with Gasteiger partial charge in [-0.3, -0.25) is 4.79 Å². The molecule has 1 unspecified atom stereocenters. The Morgan fingerprint density at radius 1 is 1.29 bits per heavy atom. The van der Waals surface area contributed by atoms with E-state index in [9.17, 15) is 4.79 Å². The summed E-state index contributed by atoms with van der Waals surface area (Å²) in [4.78, 5) is 12.2. The Morgan fingerprint density at radius 3 is 2.48 bits per heavy atom. The van der Waals surface area contributed by atoms with Gasteiger partial charge in [-0.15, -0.1) is 0 Å². The molecule has 2 aromatic rings. The summed E-state index contributed by atoms with van der Waals surface area (Å²) in [6, 6.07) is 9.68. The summed E-state index contributed by atoms with van der Waals surface area (Å²) >= 11 is 0. The van der Waals surface area contributed by atoms with Crippen molar-refractivity contribution >= 4 is 11.7 Å². The maximum absolute atomic E-state index is 12.2. The number of anilines is 1. The molecule has 2 rings (SSSR count). The molecule has 0 saturated heterocycles. The first kappa shape index (κ1) is 15.0. The first-order valence-electron chi connectivity index (χ1n) is 6.80. The number of nitrogens with zero attached hydrogens (tertiary/aromatic N) is 2. The summed E-state index contributed by atoms with van der Waals surface area (Å²) in [6.07, 6.45) is 0.786. The third-order valence-electron chi connectivity index (χ3n) is 3.05. The van der Waals surface area contributed by atoms with Crippen molar-refractivity contribution in [3.8, 4) is 0 Å². The number of hydrogen-bond acceptors (Lipinski definition) is 5. The van der Waals surface area contributed by atoms with Crippen LogP contribution in [0.25, 0.3) is 0 Å². The summed E-state index contributed by atoms with van der Waals surface area (Å²) < 4.78 is 4.47. The van der Waals surface area contributed by atoms with Gasteiger partial charge in [-0.2, -0.15) is 0 Å². The molecule has 1 heterocycles. The van der Waals surface area contributed by atoms with E-state index < -0.39 is 0 Å². The maximum atomic E-state index is 12.2. The molecule has 112 valence electrons. The van der Waals surface area contributed by atoms with Gasteiger partial charge in [-0.05, 0) is 27.7 Å². The Kier molecular flexibility index (Phi) is 4.26. The number of nitrogen functional groups attached to an aromatic ring is 1. The van der Waals surface area contributed by atoms with Crippen LogP contribution in [0.3, 0.4) is 0 Å². The van der Waals surface area contributed by atoms with Crippen molar-refractivity contribution in [3.05, 3.63) is 41.6 Å². The molecular formula is C15H20N4O2. The lowest BCUT2D eigenvalue weighted by Crippen LogP contribution is -2.32. The summed E-state index contributed by atoms with van der Waals surface area (Å²) in [5, 5.41) is 9.91. The standard InChI is InChI=1S/C15H20N4O2/c1-15(2,3)9-11(10-7-5-4-6-8-10)17-14(20)12-13(16)19-21-18-12/h4-8,11H,9H2,1-3H3,(H2,16,19)(H,17,20). The zero-order valence-corrected chi connectivity index (χ0v) is 12.5. The highest BCUT2D eigenvalue weighted by molar-refractivity contribution is 5.96. The average Bonchev–Trinajstić information content (AvgIpc) is 2.84. The number of benzene rings is 1. The van der Waals surface area contributed by atoms with Crippen molar-refractivity contribution in [1.29, 1.82) is 0 Å². The Bertz CT molecular complexity index is 602.